The van der Waals surface area contributed by atoms with Gasteiger partial charge in [-0.1, -0.05) is 54.6 Å². The average molecular weight is 407 g/mol. The topological polar surface area (TPSA) is 57.1 Å². The molecular weight excluding hydrogens is 386 g/mol. The lowest BCUT2D eigenvalue weighted by atomic mass is 10.1. The van der Waals surface area contributed by atoms with Gasteiger partial charge in [-0.2, -0.15) is 0 Å². The lowest BCUT2D eigenvalue weighted by Gasteiger charge is -2.13. The molecule has 0 bridgehead atoms. The van der Waals surface area contributed by atoms with E-state index in [0.29, 0.717) is 24.5 Å². The molecule has 0 radical (unpaired) electrons. The Morgan fingerprint density at radius 2 is 1.61 bits per heavy atom. The number of hydrogen-bond donors (Lipinski definition) is 0. The predicted octanol–water partition coefficient (Wildman–Crippen LogP) is 5.48. The van der Waals surface area contributed by atoms with Gasteiger partial charge < -0.3 is 9.47 Å². The highest BCUT2D eigenvalue weighted by atomic mass is 16.5. The fourth-order valence-electron chi connectivity index (χ4n) is 3.68. The molecule has 0 spiro atoms. The molecule has 2 heterocycles. The van der Waals surface area contributed by atoms with Crippen molar-refractivity contribution in [2.75, 3.05) is 13.7 Å². The zero-order valence-electron chi connectivity index (χ0n) is 17.2. The van der Waals surface area contributed by atoms with E-state index < -0.39 is 0 Å². The van der Waals surface area contributed by atoms with Crippen molar-refractivity contribution in [3.63, 3.8) is 0 Å². The second kappa shape index (κ2) is 8.40. The molecular formula is C26H21N3O2. The van der Waals surface area contributed by atoms with E-state index in [1.165, 1.54) is 0 Å². The van der Waals surface area contributed by atoms with Crippen molar-refractivity contribution in [2.24, 2.45) is 0 Å². The van der Waals surface area contributed by atoms with Crippen LogP contribution in [0.4, 0.5) is 0 Å². The van der Waals surface area contributed by atoms with Gasteiger partial charge in [0, 0.05) is 34.5 Å². The first-order chi connectivity index (χ1) is 15.3. The number of para-hydroxylation sites is 1. The van der Waals surface area contributed by atoms with E-state index in [-0.39, 0.29) is 0 Å². The molecule has 0 N–H and O–H groups in total. The SMILES string of the molecule is COc1cc2c(-c3ccccc3)ncnc2cc1OCCc1ccc2ccccc2n1. The highest BCUT2D eigenvalue weighted by Gasteiger charge is 2.13. The zero-order valence-corrected chi connectivity index (χ0v) is 17.2. The molecule has 3 aromatic carbocycles. The Morgan fingerprint density at radius 3 is 2.48 bits per heavy atom. The van der Waals surface area contributed by atoms with Crippen LogP contribution in [0, 0.1) is 0 Å². The number of methoxy groups -OCH3 is 1. The number of nitrogens with zero attached hydrogens (tertiary/aromatic N) is 3. The standard InChI is InChI=1S/C26H21N3O2/c1-30-24-15-21-23(27-17-28-26(21)19-8-3-2-4-9-19)16-25(24)31-14-13-20-12-11-18-7-5-6-10-22(18)29-20/h2-12,15-17H,13-14H2,1H3. The minimum atomic E-state index is 0.490. The summed E-state index contributed by atoms with van der Waals surface area (Å²) in [5, 5.41) is 2.06. The molecule has 31 heavy (non-hydrogen) atoms. The van der Waals surface area contributed by atoms with E-state index in [9.17, 15) is 0 Å². The van der Waals surface area contributed by atoms with E-state index in [4.69, 9.17) is 14.5 Å². The minimum absolute atomic E-state index is 0.490. The third-order valence-electron chi connectivity index (χ3n) is 5.24. The molecule has 0 saturated carbocycles. The summed E-state index contributed by atoms with van der Waals surface area (Å²) in [6, 6.07) is 26.2. The molecule has 0 atom stereocenters. The maximum atomic E-state index is 6.07. The summed E-state index contributed by atoms with van der Waals surface area (Å²) < 4.78 is 11.7. The van der Waals surface area contributed by atoms with Crippen LogP contribution in [0.25, 0.3) is 33.1 Å². The fraction of sp³-hybridized carbons (Fsp3) is 0.115. The zero-order chi connectivity index (χ0) is 21.0. The summed E-state index contributed by atoms with van der Waals surface area (Å²) in [6.45, 7) is 0.490. The maximum Gasteiger partial charge on any atom is 0.163 e. The minimum Gasteiger partial charge on any atom is -0.493 e. The lowest BCUT2D eigenvalue weighted by molar-refractivity contribution is 0.297. The van der Waals surface area contributed by atoms with Crippen molar-refractivity contribution in [3.8, 4) is 22.8 Å². The number of aromatic nitrogens is 3. The molecule has 5 nitrogen and oxygen atoms in total. The molecule has 0 aliphatic heterocycles. The molecule has 2 aromatic heterocycles. The molecule has 0 aliphatic rings. The Balaban J connectivity index is 1.40. The van der Waals surface area contributed by atoms with E-state index in [1.54, 1.807) is 13.4 Å². The molecule has 0 aliphatic carbocycles. The summed E-state index contributed by atoms with van der Waals surface area (Å²) in [5.74, 6) is 1.32. The number of rotatable bonds is 6. The summed E-state index contributed by atoms with van der Waals surface area (Å²) >= 11 is 0. The van der Waals surface area contributed by atoms with Crippen LogP contribution in [0.15, 0.2) is 85.2 Å². The van der Waals surface area contributed by atoms with Gasteiger partial charge in [-0.25, -0.2) is 9.97 Å². The van der Waals surface area contributed by atoms with Gasteiger partial charge in [-0.15, -0.1) is 0 Å². The molecule has 0 unspecified atom stereocenters. The maximum absolute atomic E-state index is 6.07. The van der Waals surface area contributed by atoms with Crippen LogP contribution < -0.4 is 9.47 Å². The predicted molar refractivity (Wildman–Crippen MR) is 122 cm³/mol. The van der Waals surface area contributed by atoms with E-state index in [1.807, 2.05) is 66.7 Å². The summed E-state index contributed by atoms with van der Waals surface area (Å²) in [4.78, 5) is 13.7. The third-order valence-corrected chi connectivity index (χ3v) is 5.24. The first-order valence-electron chi connectivity index (χ1n) is 10.2. The quantitative estimate of drug-likeness (QED) is 0.373. The van der Waals surface area contributed by atoms with E-state index in [0.717, 1.165) is 38.8 Å². The molecule has 0 saturated heterocycles. The van der Waals surface area contributed by atoms with Crippen LogP contribution in [0.5, 0.6) is 11.5 Å². The van der Waals surface area contributed by atoms with Gasteiger partial charge in [-0.05, 0) is 18.2 Å². The van der Waals surface area contributed by atoms with Gasteiger partial charge in [-0.3, -0.25) is 4.98 Å². The van der Waals surface area contributed by atoms with Crippen LogP contribution in [-0.2, 0) is 6.42 Å². The lowest BCUT2D eigenvalue weighted by Crippen LogP contribution is -2.04. The highest BCUT2D eigenvalue weighted by Crippen LogP contribution is 2.35. The number of hydrogen-bond acceptors (Lipinski definition) is 5. The van der Waals surface area contributed by atoms with Crippen molar-refractivity contribution in [3.05, 3.63) is 90.9 Å². The Labute approximate surface area is 180 Å². The molecule has 152 valence electrons. The van der Waals surface area contributed by atoms with Crippen LogP contribution in [0.2, 0.25) is 0 Å². The monoisotopic (exact) mass is 407 g/mol. The molecule has 5 aromatic rings. The van der Waals surface area contributed by atoms with Gasteiger partial charge in [0.25, 0.3) is 0 Å². The number of fused-ring (bicyclic) bond motifs is 2. The Hall–Kier alpha value is -3.99. The van der Waals surface area contributed by atoms with E-state index in [2.05, 4.69) is 22.1 Å². The first-order valence-corrected chi connectivity index (χ1v) is 10.2. The summed E-state index contributed by atoms with van der Waals surface area (Å²) in [6.07, 6.45) is 2.28. The largest absolute Gasteiger partial charge is 0.493 e. The summed E-state index contributed by atoms with van der Waals surface area (Å²) in [7, 11) is 1.64. The Morgan fingerprint density at radius 1 is 0.774 bits per heavy atom. The van der Waals surface area contributed by atoms with Gasteiger partial charge in [0.05, 0.1) is 30.4 Å². The van der Waals surface area contributed by atoms with E-state index >= 15 is 0 Å². The highest BCUT2D eigenvalue weighted by molar-refractivity contribution is 5.94. The second-order valence-electron chi connectivity index (χ2n) is 7.20. The molecule has 5 rings (SSSR count). The second-order valence-corrected chi connectivity index (χ2v) is 7.20. The van der Waals surface area contributed by atoms with Crippen LogP contribution in [-0.4, -0.2) is 28.7 Å². The van der Waals surface area contributed by atoms with Crippen LogP contribution in [0.1, 0.15) is 5.69 Å². The number of ether oxygens (including phenoxy) is 2. The molecule has 0 amide bonds. The third kappa shape index (κ3) is 3.90. The summed E-state index contributed by atoms with van der Waals surface area (Å²) in [5.41, 5.74) is 4.71. The van der Waals surface area contributed by atoms with Gasteiger partial charge in [0.2, 0.25) is 0 Å². The van der Waals surface area contributed by atoms with Crippen molar-refractivity contribution in [1.82, 2.24) is 15.0 Å². The molecule has 5 heteroatoms. The number of pyridine rings is 1. The van der Waals surface area contributed by atoms with Crippen LogP contribution in [0.3, 0.4) is 0 Å². The smallest absolute Gasteiger partial charge is 0.163 e. The van der Waals surface area contributed by atoms with Gasteiger partial charge in [0.1, 0.15) is 6.33 Å². The van der Waals surface area contributed by atoms with Gasteiger partial charge >= 0.3 is 0 Å². The van der Waals surface area contributed by atoms with Crippen molar-refractivity contribution >= 4 is 21.8 Å². The normalized spacial score (nSPS) is 11.0. The van der Waals surface area contributed by atoms with Crippen molar-refractivity contribution < 1.29 is 9.47 Å². The van der Waals surface area contributed by atoms with Crippen LogP contribution >= 0.6 is 0 Å². The Bertz CT molecular complexity index is 1350. The van der Waals surface area contributed by atoms with Gasteiger partial charge in [0.15, 0.2) is 11.5 Å². The first kappa shape index (κ1) is 19.0. The average Bonchev–Trinajstić information content (AvgIpc) is 2.83. The van der Waals surface area contributed by atoms with Crippen molar-refractivity contribution in [1.29, 1.82) is 0 Å². The number of benzene rings is 3. The fourth-order valence-corrected chi connectivity index (χ4v) is 3.68. The van der Waals surface area contributed by atoms with Crippen molar-refractivity contribution in [2.45, 2.75) is 6.42 Å². The Kier molecular flexibility index (Phi) is 5.15. The molecule has 0 fully saturated rings.